The van der Waals surface area contributed by atoms with Crippen molar-refractivity contribution in [3.8, 4) is 23.3 Å². The first-order valence-corrected chi connectivity index (χ1v) is 9.89. The van der Waals surface area contributed by atoms with Gasteiger partial charge in [-0.2, -0.15) is 14.4 Å². The molecular weight excluding hydrogens is 423 g/mol. The van der Waals surface area contributed by atoms with Crippen LogP contribution in [0.3, 0.4) is 0 Å². The minimum Gasteiger partial charge on any atom is -0.476 e. The zero-order valence-electron chi connectivity index (χ0n) is 16.6. The molecule has 4 rings (SSSR count). The van der Waals surface area contributed by atoms with Gasteiger partial charge in [-0.25, -0.2) is 4.99 Å². The Hall–Kier alpha value is -3.52. The van der Waals surface area contributed by atoms with Crippen molar-refractivity contribution in [3.05, 3.63) is 71.3 Å². The normalized spacial score (nSPS) is 13.9. The largest absolute Gasteiger partial charge is 0.476 e. The molecule has 2 aromatic carbocycles. The van der Waals surface area contributed by atoms with Crippen LogP contribution in [0, 0.1) is 5.82 Å². The fraction of sp³-hybridized carbons (Fsp3) is 0.182. The Morgan fingerprint density at radius 1 is 1.03 bits per heavy atom. The summed E-state index contributed by atoms with van der Waals surface area (Å²) in [5.74, 6) is -0.442. The van der Waals surface area contributed by atoms with Gasteiger partial charge in [0.05, 0.1) is 11.6 Å². The molecule has 1 aromatic heterocycles. The van der Waals surface area contributed by atoms with Crippen LogP contribution in [-0.2, 0) is 4.74 Å². The van der Waals surface area contributed by atoms with Crippen LogP contribution in [0.4, 0.5) is 4.39 Å². The van der Waals surface area contributed by atoms with Crippen molar-refractivity contribution in [2.24, 2.45) is 9.98 Å². The molecule has 3 aromatic rings. The number of ether oxygens (including phenoxy) is 3. The lowest BCUT2D eigenvalue weighted by molar-refractivity contribution is 0.289. The summed E-state index contributed by atoms with van der Waals surface area (Å²) in [6.45, 7) is 1.21. The maximum absolute atomic E-state index is 15.0. The number of para-hydroxylation sites is 2. The molecule has 0 bridgehead atoms. The minimum absolute atomic E-state index is 0.265. The fourth-order valence-corrected chi connectivity index (χ4v) is 3.08. The molecule has 0 unspecified atom stereocenters. The molecule has 158 valence electrons. The molecule has 0 saturated heterocycles. The molecule has 9 heteroatoms. The first-order chi connectivity index (χ1) is 15.2. The molecule has 0 aliphatic carbocycles. The Labute approximate surface area is 183 Å². The number of nitrogens with zero attached hydrogens (tertiary/aromatic N) is 4. The van der Waals surface area contributed by atoms with E-state index in [9.17, 15) is 0 Å². The summed E-state index contributed by atoms with van der Waals surface area (Å²) in [5.41, 5.74) is 1.11. The van der Waals surface area contributed by atoms with Crippen LogP contribution in [0.2, 0.25) is 5.02 Å². The quantitative estimate of drug-likeness (QED) is 0.499. The van der Waals surface area contributed by atoms with Crippen LogP contribution in [-0.4, -0.2) is 41.8 Å². The molecule has 1 aliphatic rings. The number of hydrogen-bond acceptors (Lipinski definition) is 7. The molecule has 0 spiro atoms. The van der Waals surface area contributed by atoms with Gasteiger partial charge in [0.15, 0.2) is 0 Å². The first kappa shape index (κ1) is 20.7. The number of aliphatic imine (C=N–C) groups is 2. The Morgan fingerprint density at radius 3 is 2.39 bits per heavy atom. The third-order valence-corrected chi connectivity index (χ3v) is 4.65. The highest BCUT2D eigenvalue weighted by molar-refractivity contribution is 6.46. The van der Waals surface area contributed by atoms with Crippen LogP contribution in [0.25, 0.3) is 0 Å². The third-order valence-electron chi connectivity index (χ3n) is 4.34. The molecule has 0 fully saturated rings. The topological polar surface area (TPSA) is 78.2 Å². The van der Waals surface area contributed by atoms with Gasteiger partial charge in [0, 0.05) is 25.6 Å². The average Bonchev–Trinajstić information content (AvgIpc) is 2.80. The van der Waals surface area contributed by atoms with Crippen LogP contribution in [0.1, 0.15) is 12.0 Å². The van der Waals surface area contributed by atoms with E-state index < -0.39 is 5.82 Å². The van der Waals surface area contributed by atoms with Crippen molar-refractivity contribution >= 4 is 23.2 Å². The number of rotatable bonds is 6. The highest BCUT2D eigenvalue weighted by Gasteiger charge is 2.22. The molecule has 2 heterocycles. The van der Waals surface area contributed by atoms with Gasteiger partial charge >= 0.3 is 0 Å². The van der Waals surface area contributed by atoms with E-state index in [1.54, 1.807) is 49.5 Å². The number of hydrogen-bond donors (Lipinski definition) is 0. The highest BCUT2D eigenvalue weighted by Crippen LogP contribution is 2.33. The molecule has 0 atom stereocenters. The highest BCUT2D eigenvalue weighted by atomic mass is 35.5. The molecule has 1 aliphatic heterocycles. The smallest absolute Gasteiger partial charge is 0.263 e. The van der Waals surface area contributed by atoms with Crippen molar-refractivity contribution in [1.82, 2.24) is 9.97 Å². The fourth-order valence-electron chi connectivity index (χ4n) is 2.90. The lowest BCUT2D eigenvalue weighted by Gasteiger charge is -2.17. The third kappa shape index (κ3) is 4.64. The van der Waals surface area contributed by atoms with Crippen molar-refractivity contribution in [2.45, 2.75) is 6.42 Å². The van der Waals surface area contributed by atoms with E-state index in [1.165, 1.54) is 0 Å². The molecule has 0 amide bonds. The van der Waals surface area contributed by atoms with Crippen LogP contribution >= 0.6 is 11.6 Å². The maximum Gasteiger partial charge on any atom is 0.263 e. The molecule has 7 nitrogen and oxygen atoms in total. The zero-order valence-corrected chi connectivity index (χ0v) is 17.3. The van der Waals surface area contributed by atoms with E-state index >= 15 is 4.39 Å². The lowest BCUT2D eigenvalue weighted by atomic mass is 10.1. The molecule has 0 radical (unpaired) electrons. The van der Waals surface area contributed by atoms with E-state index in [1.807, 2.05) is 6.07 Å². The molecular formula is C22H18ClFN4O3. The van der Waals surface area contributed by atoms with Crippen molar-refractivity contribution in [2.75, 3.05) is 20.2 Å². The van der Waals surface area contributed by atoms with Gasteiger partial charge in [0.25, 0.3) is 11.8 Å². The van der Waals surface area contributed by atoms with Crippen LogP contribution in [0.5, 0.6) is 23.3 Å². The molecule has 0 saturated carbocycles. The second kappa shape index (κ2) is 9.53. The van der Waals surface area contributed by atoms with Gasteiger partial charge in [0.2, 0.25) is 11.7 Å². The summed E-state index contributed by atoms with van der Waals surface area (Å²) < 4.78 is 32.0. The summed E-state index contributed by atoms with van der Waals surface area (Å²) in [7, 11) is 1.63. The number of halogens is 2. The van der Waals surface area contributed by atoms with E-state index in [4.69, 9.17) is 25.8 Å². The Kier molecular flexibility index (Phi) is 6.37. The number of aromatic nitrogens is 2. The molecule has 0 N–H and O–H groups in total. The lowest BCUT2D eigenvalue weighted by Crippen LogP contribution is -2.24. The second-order valence-corrected chi connectivity index (χ2v) is 6.80. The van der Waals surface area contributed by atoms with Crippen molar-refractivity contribution < 1.29 is 18.6 Å². The Morgan fingerprint density at radius 2 is 1.71 bits per heavy atom. The van der Waals surface area contributed by atoms with Gasteiger partial charge in [-0.1, -0.05) is 35.9 Å². The van der Waals surface area contributed by atoms with Crippen LogP contribution < -0.4 is 9.47 Å². The van der Waals surface area contributed by atoms with E-state index in [2.05, 4.69) is 20.0 Å². The average molecular weight is 441 g/mol. The Bertz CT molecular complexity index is 1150. The molecule has 31 heavy (non-hydrogen) atoms. The van der Waals surface area contributed by atoms with Gasteiger partial charge in [-0.3, -0.25) is 4.99 Å². The first-order valence-electron chi connectivity index (χ1n) is 9.52. The summed E-state index contributed by atoms with van der Waals surface area (Å²) >= 11 is 6.08. The van der Waals surface area contributed by atoms with E-state index in [0.717, 1.165) is 12.7 Å². The Balaban J connectivity index is 1.65. The number of benzene rings is 2. The van der Waals surface area contributed by atoms with Gasteiger partial charge < -0.3 is 14.2 Å². The summed E-state index contributed by atoms with van der Waals surface area (Å²) in [6.07, 6.45) is 2.00. The summed E-state index contributed by atoms with van der Waals surface area (Å²) in [5, 5.41) is 0.324. The van der Waals surface area contributed by atoms with E-state index in [-0.39, 0.29) is 17.5 Å². The predicted molar refractivity (Wildman–Crippen MR) is 115 cm³/mol. The monoisotopic (exact) mass is 440 g/mol. The predicted octanol–water partition coefficient (Wildman–Crippen LogP) is 5.09. The second-order valence-electron chi connectivity index (χ2n) is 6.39. The SMILES string of the molecule is C/N=C(/C1=NCCCO1)c1ccccc1Oc1ncnc(Oc2ccccc2Cl)c1F. The van der Waals surface area contributed by atoms with Crippen LogP contribution in [0.15, 0.2) is 64.8 Å². The summed E-state index contributed by atoms with van der Waals surface area (Å²) in [6, 6.07) is 13.7. The van der Waals surface area contributed by atoms with Gasteiger partial charge in [-0.05, 0) is 24.3 Å². The van der Waals surface area contributed by atoms with Crippen molar-refractivity contribution in [3.63, 3.8) is 0 Å². The van der Waals surface area contributed by atoms with Gasteiger partial charge in [0.1, 0.15) is 23.5 Å². The zero-order chi connectivity index (χ0) is 21.6. The standard InChI is InChI=1S/C22H18ClFN4O3/c1-25-19(22-26-11-6-12-29-22)14-7-2-4-9-16(14)30-20-18(24)21(28-13-27-20)31-17-10-5-3-8-15(17)23/h2-5,7-10,13H,6,11-12H2,1H3/b25-19+. The van der Waals surface area contributed by atoms with Crippen molar-refractivity contribution in [1.29, 1.82) is 0 Å². The van der Waals surface area contributed by atoms with Gasteiger partial charge in [-0.15, -0.1) is 0 Å². The minimum atomic E-state index is -0.863. The van der Waals surface area contributed by atoms with E-state index in [0.29, 0.717) is 41.1 Å². The maximum atomic E-state index is 15.0. The summed E-state index contributed by atoms with van der Waals surface area (Å²) in [4.78, 5) is 16.5.